The van der Waals surface area contributed by atoms with E-state index >= 15 is 0 Å². The second-order valence-corrected chi connectivity index (χ2v) is 6.41. The highest BCUT2D eigenvalue weighted by Gasteiger charge is 2.17. The van der Waals surface area contributed by atoms with Gasteiger partial charge in [-0.3, -0.25) is 9.59 Å². The van der Waals surface area contributed by atoms with Gasteiger partial charge < -0.3 is 19.9 Å². The number of anilines is 3. The van der Waals surface area contributed by atoms with E-state index in [0.717, 1.165) is 18.8 Å². The normalized spacial score (nSPS) is 10.2. The third-order valence-corrected chi connectivity index (χ3v) is 4.54. The zero-order chi connectivity index (χ0) is 21.4. The Labute approximate surface area is 171 Å². The van der Waals surface area contributed by atoms with Crippen molar-refractivity contribution in [2.45, 2.75) is 20.8 Å². The van der Waals surface area contributed by atoms with Crippen molar-refractivity contribution in [3.05, 3.63) is 54.1 Å². The average molecular weight is 397 g/mol. The van der Waals surface area contributed by atoms with Crippen molar-refractivity contribution in [2.24, 2.45) is 0 Å². The molecule has 0 radical (unpaired) electrons. The molecule has 0 atom stereocenters. The fourth-order valence-corrected chi connectivity index (χ4v) is 3.00. The van der Waals surface area contributed by atoms with E-state index in [1.165, 1.54) is 25.0 Å². The molecular formula is C22H27N3O4. The van der Waals surface area contributed by atoms with Crippen LogP contribution in [0.2, 0.25) is 0 Å². The van der Waals surface area contributed by atoms with E-state index in [9.17, 15) is 14.4 Å². The molecule has 0 spiro atoms. The van der Waals surface area contributed by atoms with Crippen LogP contribution < -0.4 is 15.1 Å². The molecule has 7 nitrogen and oxygen atoms in total. The molecule has 29 heavy (non-hydrogen) atoms. The van der Waals surface area contributed by atoms with E-state index in [0.29, 0.717) is 16.9 Å². The molecule has 0 aliphatic carbocycles. The molecule has 0 saturated carbocycles. The van der Waals surface area contributed by atoms with Crippen LogP contribution >= 0.6 is 0 Å². The summed E-state index contributed by atoms with van der Waals surface area (Å²) < 4.78 is 4.68. The summed E-state index contributed by atoms with van der Waals surface area (Å²) in [5, 5.41) is 2.72. The molecule has 2 rings (SSSR count). The zero-order valence-corrected chi connectivity index (χ0v) is 17.3. The highest BCUT2D eigenvalue weighted by atomic mass is 16.5. The number of ether oxygens (including phenoxy) is 1. The van der Waals surface area contributed by atoms with Gasteiger partial charge in [-0.2, -0.15) is 0 Å². The molecular weight excluding hydrogens is 370 g/mol. The molecule has 0 heterocycles. The average Bonchev–Trinajstić information content (AvgIpc) is 2.73. The lowest BCUT2D eigenvalue weighted by atomic mass is 10.2. The number of esters is 1. The summed E-state index contributed by atoms with van der Waals surface area (Å²) in [6.45, 7) is 7.22. The molecule has 2 amide bonds. The molecule has 0 unspecified atom stereocenters. The molecule has 0 aromatic heterocycles. The largest absolute Gasteiger partial charge is 0.465 e. The van der Waals surface area contributed by atoms with E-state index in [1.807, 2.05) is 24.3 Å². The molecule has 154 valence electrons. The van der Waals surface area contributed by atoms with E-state index < -0.39 is 5.97 Å². The SMILES string of the molecule is CCN(CC)c1ccc(N(CC(=O)Nc2cccc(C(=O)OC)c2)C(C)=O)cc1. The van der Waals surface area contributed by atoms with Crippen molar-refractivity contribution < 1.29 is 19.1 Å². The Morgan fingerprint density at radius 1 is 0.966 bits per heavy atom. The smallest absolute Gasteiger partial charge is 0.337 e. The fourth-order valence-electron chi connectivity index (χ4n) is 3.00. The first-order valence-electron chi connectivity index (χ1n) is 9.50. The lowest BCUT2D eigenvalue weighted by molar-refractivity contribution is -0.120. The van der Waals surface area contributed by atoms with E-state index in [-0.39, 0.29) is 18.4 Å². The van der Waals surface area contributed by atoms with Crippen molar-refractivity contribution >= 4 is 34.8 Å². The van der Waals surface area contributed by atoms with E-state index in [1.54, 1.807) is 18.2 Å². The first kappa shape index (κ1) is 21.9. The highest BCUT2D eigenvalue weighted by molar-refractivity contribution is 6.02. The van der Waals surface area contributed by atoms with Gasteiger partial charge in [0.25, 0.3) is 0 Å². The summed E-state index contributed by atoms with van der Waals surface area (Å²) in [5.41, 5.74) is 2.50. The number of amides is 2. The second-order valence-electron chi connectivity index (χ2n) is 6.41. The maximum Gasteiger partial charge on any atom is 0.337 e. The van der Waals surface area contributed by atoms with Crippen LogP contribution in [0.3, 0.4) is 0 Å². The minimum atomic E-state index is -0.486. The number of hydrogen-bond donors (Lipinski definition) is 1. The standard InChI is InChI=1S/C22H27N3O4/c1-5-24(6-2)19-10-12-20(13-11-19)25(16(3)26)15-21(27)23-18-9-7-8-17(14-18)22(28)29-4/h7-14H,5-6,15H2,1-4H3,(H,23,27). The van der Waals surface area contributed by atoms with E-state index in [2.05, 4.69) is 28.8 Å². The Balaban J connectivity index is 2.11. The Morgan fingerprint density at radius 3 is 2.14 bits per heavy atom. The quantitative estimate of drug-likeness (QED) is 0.692. The fraction of sp³-hybridized carbons (Fsp3) is 0.318. The summed E-state index contributed by atoms with van der Waals surface area (Å²) >= 11 is 0. The minimum Gasteiger partial charge on any atom is -0.465 e. The maximum atomic E-state index is 12.5. The Kier molecular flexibility index (Phi) is 7.77. The molecule has 2 aromatic carbocycles. The summed E-state index contributed by atoms with van der Waals surface area (Å²) in [6.07, 6.45) is 0. The molecule has 0 aliphatic rings. The molecule has 7 heteroatoms. The van der Waals surface area contributed by atoms with Gasteiger partial charge in [-0.25, -0.2) is 4.79 Å². The molecule has 2 aromatic rings. The van der Waals surface area contributed by atoms with Gasteiger partial charge in [-0.05, 0) is 56.3 Å². The number of methoxy groups -OCH3 is 1. The number of hydrogen-bond acceptors (Lipinski definition) is 5. The van der Waals surface area contributed by atoms with Crippen LogP contribution in [-0.4, -0.2) is 44.5 Å². The predicted molar refractivity (Wildman–Crippen MR) is 114 cm³/mol. The third kappa shape index (κ3) is 5.81. The van der Waals surface area contributed by atoms with Crippen LogP contribution in [0.5, 0.6) is 0 Å². The second kappa shape index (κ2) is 10.3. The predicted octanol–water partition coefficient (Wildman–Crippen LogP) is 3.31. The topological polar surface area (TPSA) is 78.9 Å². The van der Waals surface area contributed by atoms with Crippen molar-refractivity contribution in [2.75, 3.05) is 41.9 Å². The number of carbonyl (C=O) groups excluding carboxylic acids is 3. The molecule has 0 saturated heterocycles. The number of nitrogens with zero attached hydrogens (tertiary/aromatic N) is 2. The zero-order valence-electron chi connectivity index (χ0n) is 17.3. The summed E-state index contributed by atoms with van der Waals surface area (Å²) in [4.78, 5) is 39.8. The van der Waals surface area contributed by atoms with Crippen LogP contribution in [0.15, 0.2) is 48.5 Å². The van der Waals surface area contributed by atoms with Crippen molar-refractivity contribution in [1.82, 2.24) is 0 Å². The third-order valence-electron chi connectivity index (χ3n) is 4.54. The Morgan fingerprint density at radius 2 is 1.59 bits per heavy atom. The summed E-state index contributed by atoms with van der Waals surface area (Å²) in [5.74, 6) is -1.09. The minimum absolute atomic E-state index is 0.137. The summed E-state index contributed by atoms with van der Waals surface area (Å²) in [6, 6.07) is 14.0. The van der Waals surface area contributed by atoms with Gasteiger partial charge >= 0.3 is 5.97 Å². The first-order chi connectivity index (χ1) is 13.9. The molecule has 0 fully saturated rings. The van der Waals surface area contributed by atoms with Crippen LogP contribution in [0.4, 0.5) is 17.1 Å². The first-order valence-corrected chi connectivity index (χ1v) is 9.50. The Bertz CT molecular complexity index is 861. The van der Waals surface area contributed by atoms with Gasteiger partial charge in [0, 0.05) is 37.1 Å². The van der Waals surface area contributed by atoms with Gasteiger partial charge in [0.05, 0.1) is 12.7 Å². The van der Waals surface area contributed by atoms with Gasteiger partial charge in [-0.1, -0.05) is 6.07 Å². The molecule has 0 bridgehead atoms. The number of benzene rings is 2. The summed E-state index contributed by atoms with van der Waals surface area (Å²) in [7, 11) is 1.30. The highest BCUT2D eigenvalue weighted by Crippen LogP contribution is 2.21. The van der Waals surface area contributed by atoms with Crippen molar-refractivity contribution in [1.29, 1.82) is 0 Å². The Hall–Kier alpha value is -3.35. The molecule has 0 aliphatic heterocycles. The van der Waals surface area contributed by atoms with Crippen LogP contribution in [0.1, 0.15) is 31.1 Å². The van der Waals surface area contributed by atoms with E-state index in [4.69, 9.17) is 0 Å². The lowest BCUT2D eigenvalue weighted by Gasteiger charge is -2.24. The van der Waals surface area contributed by atoms with Gasteiger partial charge in [-0.15, -0.1) is 0 Å². The maximum absolute atomic E-state index is 12.5. The van der Waals surface area contributed by atoms with Crippen molar-refractivity contribution in [3.8, 4) is 0 Å². The van der Waals surface area contributed by atoms with Crippen LogP contribution in [0.25, 0.3) is 0 Å². The number of nitrogens with one attached hydrogen (secondary N) is 1. The van der Waals surface area contributed by atoms with Crippen molar-refractivity contribution in [3.63, 3.8) is 0 Å². The van der Waals surface area contributed by atoms with Crippen LogP contribution in [0, 0.1) is 0 Å². The van der Waals surface area contributed by atoms with Gasteiger partial charge in [0.15, 0.2) is 0 Å². The monoisotopic (exact) mass is 397 g/mol. The van der Waals surface area contributed by atoms with Gasteiger partial charge in [0.1, 0.15) is 6.54 Å². The van der Waals surface area contributed by atoms with Gasteiger partial charge in [0.2, 0.25) is 11.8 Å². The molecule has 1 N–H and O–H groups in total. The number of carbonyl (C=O) groups is 3. The number of rotatable bonds is 8. The van der Waals surface area contributed by atoms with Crippen LogP contribution in [-0.2, 0) is 14.3 Å². The lowest BCUT2D eigenvalue weighted by Crippen LogP contribution is -2.36.